The van der Waals surface area contributed by atoms with Gasteiger partial charge < -0.3 is 15.0 Å². The SMILES string of the molecule is CCc1ccc(C(C)NCC(=O)N(C)Cc2ccc(OC)cc2)cc1. The Morgan fingerprint density at radius 2 is 1.68 bits per heavy atom. The van der Waals surface area contributed by atoms with Gasteiger partial charge in [-0.1, -0.05) is 43.3 Å². The van der Waals surface area contributed by atoms with Crippen molar-refractivity contribution in [2.45, 2.75) is 32.9 Å². The third kappa shape index (κ3) is 5.61. The van der Waals surface area contributed by atoms with Gasteiger partial charge in [0.15, 0.2) is 0 Å². The van der Waals surface area contributed by atoms with Crippen LogP contribution in [0.4, 0.5) is 0 Å². The Morgan fingerprint density at radius 1 is 1.08 bits per heavy atom. The summed E-state index contributed by atoms with van der Waals surface area (Å²) in [6, 6.07) is 16.5. The fourth-order valence-electron chi connectivity index (χ4n) is 2.63. The molecular formula is C21H28N2O2. The van der Waals surface area contributed by atoms with Gasteiger partial charge in [-0.15, -0.1) is 0 Å². The first-order valence-electron chi connectivity index (χ1n) is 8.72. The molecule has 4 heteroatoms. The van der Waals surface area contributed by atoms with Crippen LogP contribution in [-0.2, 0) is 17.8 Å². The Kier molecular flexibility index (Phi) is 7.02. The monoisotopic (exact) mass is 340 g/mol. The van der Waals surface area contributed by atoms with Crippen molar-refractivity contribution in [3.05, 3.63) is 65.2 Å². The van der Waals surface area contributed by atoms with Crippen molar-refractivity contribution in [1.82, 2.24) is 10.2 Å². The Morgan fingerprint density at radius 3 is 2.24 bits per heavy atom. The lowest BCUT2D eigenvalue weighted by Crippen LogP contribution is -2.36. The van der Waals surface area contributed by atoms with Crippen molar-refractivity contribution in [3.8, 4) is 5.75 Å². The summed E-state index contributed by atoms with van der Waals surface area (Å²) in [6.45, 7) is 5.14. The Labute approximate surface area is 150 Å². The van der Waals surface area contributed by atoms with E-state index in [1.807, 2.05) is 31.3 Å². The summed E-state index contributed by atoms with van der Waals surface area (Å²) in [5.74, 6) is 0.898. The molecule has 25 heavy (non-hydrogen) atoms. The Bertz CT molecular complexity index is 665. The molecule has 0 bridgehead atoms. The molecule has 1 atom stereocenters. The second-order valence-electron chi connectivity index (χ2n) is 6.30. The van der Waals surface area contributed by atoms with Crippen molar-refractivity contribution < 1.29 is 9.53 Å². The molecule has 0 aliphatic carbocycles. The molecule has 0 aliphatic rings. The summed E-state index contributed by atoms with van der Waals surface area (Å²) in [5.41, 5.74) is 3.61. The summed E-state index contributed by atoms with van der Waals surface area (Å²) in [7, 11) is 3.47. The van der Waals surface area contributed by atoms with Gasteiger partial charge in [0, 0.05) is 19.6 Å². The molecule has 0 aromatic heterocycles. The van der Waals surface area contributed by atoms with Gasteiger partial charge in [-0.3, -0.25) is 4.79 Å². The number of nitrogens with one attached hydrogen (secondary N) is 1. The summed E-state index contributed by atoms with van der Waals surface area (Å²) in [6.07, 6.45) is 1.04. The number of rotatable bonds is 8. The number of nitrogens with zero attached hydrogens (tertiary/aromatic N) is 1. The summed E-state index contributed by atoms with van der Waals surface area (Å²) >= 11 is 0. The zero-order chi connectivity index (χ0) is 18.2. The van der Waals surface area contributed by atoms with Gasteiger partial charge >= 0.3 is 0 Å². The molecule has 2 aromatic carbocycles. The van der Waals surface area contributed by atoms with E-state index >= 15 is 0 Å². The minimum Gasteiger partial charge on any atom is -0.497 e. The quantitative estimate of drug-likeness (QED) is 0.799. The largest absolute Gasteiger partial charge is 0.497 e. The van der Waals surface area contributed by atoms with Gasteiger partial charge in [0.2, 0.25) is 5.91 Å². The predicted octanol–water partition coefficient (Wildman–Crippen LogP) is 3.57. The van der Waals surface area contributed by atoms with Crippen molar-refractivity contribution in [2.24, 2.45) is 0 Å². The number of ether oxygens (including phenoxy) is 1. The average Bonchev–Trinajstić information content (AvgIpc) is 2.66. The van der Waals surface area contributed by atoms with Crippen LogP contribution in [0.25, 0.3) is 0 Å². The lowest BCUT2D eigenvalue weighted by atomic mass is 10.1. The molecule has 0 radical (unpaired) electrons. The first-order valence-corrected chi connectivity index (χ1v) is 8.72. The van der Waals surface area contributed by atoms with Gasteiger partial charge in [-0.2, -0.15) is 0 Å². The van der Waals surface area contributed by atoms with Gasteiger partial charge in [-0.25, -0.2) is 0 Å². The van der Waals surface area contributed by atoms with Crippen LogP contribution in [-0.4, -0.2) is 31.5 Å². The standard InChI is InChI=1S/C21H28N2O2/c1-5-17-6-10-19(11-7-17)16(2)22-14-21(24)23(3)15-18-8-12-20(25-4)13-9-18/h6-13,16,22H,5,14-15H2,1-4H3. The fourth-order valence-corrected chi connectivity index (χ4v) is 2.63. The van der Waals surface area contributed by atoms with E-state index in [-0.39, 0.29) is 11.9 Å². The van der Waals surface area contributed by atoms with Crippen molar-refractivity contribution >= 4 is 5.91 Å². The fraction of sp³-hybridized carbons (Fsp3) is 0.381. The second-order valence-corrected chi connectivity index (χ2v) is 6.30. The maximum atomic E-state index is 12.3. The van der Waals surface area contributed by atoms with E-state index < -0.39 is 0 Å². The average molecular weight is 340 g/mol. The van der Waals surface area contributed by atoms with Crippen LogP contribution >= 0.6 is 0 Å². The van der Waals surface area contributed by atoms with E-state index in [4.69, 9.17) is 4.74 Å². The smallest absolute Gasteiger partial charge is 0.236 e. The molecule has 1 unspecified atom stereocenters. The van der Waals surface area contributed by atoms with E-state index in [1.54, 1.807) is 12.0 Å². The maximum absolute atomic E-state index is 12.3. The predicted molar refractivity (Wildman–Crippen MR) is 102 cm³/mol. The van der Waals surface area contributed by atoms with E-state index in [1.165, 1.54) is 11.1 Å². The van der Waals surface area contributed by atoms with E-state index in [0.717, 1.165) is 17.7 Å². The first-order chi connectivity index (χ1) is 12.0. The van der Waals surface area contributed by atoms with Crippen LogP contribution in [0.3, 0.4) is 0 Å². The zero-order valence-corrected chi connectivity index (χ0v) is 15.6. The molecule has 0 saturated heterocycles. The van der Waals surface area contributed by atoms with Crippen molar-refractivity contribution in [1.29, 1.82) is 0 Å². The molecule has 1 amide bonds. The zero-order valence-electron chi connectivity index (χ0n) is 15.6. The van der Waals surface area contributed by atoms with Crippen LogP contribution in [0.2, 0.25) is 0 Å². The Balaban J connectivity index is 1.83. The topological polar surface area (TPSA) is 41.6 Å². The maximum Gasteiger partial charge on any atom is 0.236 e. The summed E-state index contributed by atoms with van der Waals surface area (Å²) in [4.78, 5) is 14.1. The highest BCUT2D eigenvalue weighted by Crippen LogP contribution is 2.14. The minimum absolute atomic E-state index is 0.0767. The number of hydrogen-bond donors (Lipinski definition) is 1. The van der Waals surface area contributed by atoms with Crippen LogP contribution in [0, 0.1) is 0 Å². The van der Waals surface area contributed by atoms with Crippen LogP contribution < -0.4 is 10.1 Å². The lowest BCUT2D eigenvalue weighted by molar-refractivity contribution is -0.129. The third-order valence-corrected chi connectivity index (χ3v) is 4.45. The number of aryl methyl sites for hydroxylation is 1. The van der Waals surface area contributed by atoms with Crippen LogP contribution in [0.5, 0.6) is 5.75 Å². The molecule has 0 heterocycles. The molecule has 0 aliphatic heterocycles. The number of likely N-dealkylation sites (N-methyl/N-ethyl adjacent to an activating group) is 1. The number of carbonyl (C=O) groups excluding carboxylic acids is 1. The number of amides is 1. The highest BCUT2D eigenvalue weighted by Gasteiger charge is 2.12. The molecule has 4 nitrogen and oxygen atoms in total. The molecule has 134 valence electrons. The molecule has 0 saturated carbocycles. The second kappa shape index (κ2) is 9.23. The molecule has 0 spiro atoms. The van der Waals surface area contributed by atoms with E-state index in [0.29, 0.717) is 13.1 Å². The van der Waals surface area contributed by atoms with Crippen molar-refractivity contribution in [2.75, 3.05) is 20.7 Å². The Hall–Kier alpha value is -2.33. The third-order valence-electron chi connectivity index (χ3n) is 4.45. The molecule has 2 aromatic rings. The van der Waals surface area contributed by atoms with Gasteiger partial charge in [-0.05, 0) is 42.2 Å². The lowest BCUT2D eigenvalue weighted by Gasteiger charge is -2.20. The van der Waals surface area contributed by atoms with Crippen LogP contribution in [0.1, 0.15) is 36.6 Å². The van der Waals surface area contributed by atoms with E-state index in [9.17, 15) is 4.79 Å². The normalized spacial score (nSPS) is 11.8. The van der Waals surface area contributed by atoms with Crippen LogP contribution in [0.15, 0.2) is 48.5 Å². The number of hydrogen-bond acceptors (Lipinski definition) is 3. The number of carbonyl (C=O) groups is 1. The van der Waals surface area contributed by atoms with Gasteiger partial charge in [0.1, 0.15) is 5.75 Å². The molecule has 0 fully saturated rings. The molecular weight excluding hydrogens is 312 g/mol. The first kappa shape index (κ1) is 19.0. The van der Waals surface area contributed by atoms with Crippen molar-refractivity contribution in [3.63, 3.8) is 0 Å². The van der Waals surface area contributed by atoms with E-state index in [2.05, 4.69) is 43.4 Å². The number of benzene rings is 2. The van der Waals surface area contributed by atoms with Gasteiger partial charge in [0.25, 0.3) is 0 Å². The highest BCUT2D eigenvalue weighted by atomic mass is 16.5. The summed E-state index contributed by atoms with van der Waals surface area (Å²) in [5, 5.41) is 3.31. The summed E-state index contributed by atoms with van der Waals surface area (Å²) < 4.78 is 5.15. The molecule has 1 N–H and O–H groups in total. The molecule has 2 rings (SSSR count). The van der Waals surface area contributed by atoms with Gasteiger partial charge in [0.05, 0.1) is 13.7 Å². The number of methoxy groups -OCH3 is 1. The minimum atomic E-state index is 0.0767. The highest BCUT2D eigenvalue weighted by molar-refractivity contribution is 5.78.